The van der Waals surface area contributed by atoms with E-state index in [9.17, 15) is 9.90 Å². The van der Waals surface area contributed by atoms with Crippen molar-refractivity contribution in [2.75, 3.05) is 43.1 Å². The molecule has 36 heavy (non-hydrogen) atoms. The number of anilines is 2. The molecule has 0 radical (unpaired) electrons. The lowest BCUT2D eigenvalue weighted by Gasteiger charge is -2.24. The van der Waals surface area contributed by atoms with Gasteiger partial charge in [0.15, 0.2) is 0 Å². The van der Waals surface area contributed by atoms with Gasteiger partial charge in [0, 0.05) is 30.6 Å². The van der Waals surface area contributed by atoms with Crippen molar-refractivity contribution >= 4 is 28.2 Å². The van der Waals surface area contributed by atoms with Gasteiger partial charge in [-0.1, -0.05) is 37.1 Å². The van der Waals surface area contributed by atoms with Crippen LogP contribution in [0.5, 0.6) is 11.8 Å². The van der Waals surface area contributed by atoms with Crippen molar-refractivity contribution in [2.24, 2.45) is 0 Å². The Hall–Kier alpha value is -3.39. The Labute approximate surface area is 211 Å². The average molecular weight is 488 g/mol. The number of carbonyl (C=O) groups excluding carboxylic acids is 1. The van der Waals surface area contributed by atoms with Crippen LogP contribution in [0.15, 0.2) is 36.4 Å². The molecule has 8 nitrogen and oxygen atoms in total. The molecule has 6 rings (SSSR count). The van der Waals surface area contributed by atoms with E-state index in [-0.39, 0.29) is 11.7 Å². The molecule has 1 N–H and O–H groups in total. The molecule has 0 unspecified atom stereocenters. The number of carbonyl (C=O) groups is 1. The standard InChI is InChI=1S/C28H33N5O3/c1-31-12-8-10-20(31)18-36-28-29-23-17-33(24-16-21(34)15-19-9-4-5-11-22(19)24)27(35)25(23)26(30-28)32-13-6-2-3-7-14-32/h4-5,9,11,15-16,20,34H,2-3,6-8,10,12-14,17-18H2,1H3/t20-/m0/s1. The summed E-state index contributed by atoms with van der Waals surface area (Å²) in [5.74, 6) is 0.701. The molecule has 0 spiro atoms. The maximum atomic E-state index is 13.9. The third kappa shape index (κ3) is 4.23. The van der Waals surface area contributed by atoms with E-state index in [4.69, 9.17) is 14.7 Å². The minimum atomic E-state index is -0.123. The highest BCUT2D eigenvalue weighted by atomic mass is 16.5. The number of ether oxygens (including phenoxy) is 1. The Bertz CT molecular complexity index is 1290. The number of benzene rings is 2. The second kappa shape index (κ2) is 9.58. The van der Waals surface area contributed by atoms with Gasteiger partial charge >= 0.3 is 6.01 Å². The van der Waals surface area contributed by atoms with E-state index in [0.29, 0.717) is 48.0 Å². The highest BCUT2D eigenvalue weighted by Crippen LogP contribution is 2.39. The smallest absolute Gasteiger partial charge is 0.318 e. The summed E-state index contributed by atoms with van der Waals surface area (Å²) in [5.41, 5.74) is 1.94. The quantitative estimate of drug-likeness (QED) is 0.573. The first-order valence-corrected chi connectivity index (χ1v) is 13.1. The van der Waals surface area contributed by atoms with Crippen molar-refractivity contribution < 1.29 is 14.6 Å². The summed E-state index contributed by atoms with van der Waals surface area (Å²) in [6.07, 6.45) is 6.83. The lowest BCUT2D eigenvalue weighted by atomic mass is 10.1. The van der Waals surface area contributed by atoms with Crippen molar-refractivity contribution in [3.05, 3.63) is 47.7 Å². The number of fused-ring (bicyclic) bond motifs is 2. The Morgan fingerprint density at radius 3 is 2.61 bits per heavy atom. The molecule has 0 bridgehead atoms. The van der Waals surface area contributed by atoms with E-state index in [0.717, 1.165) is 49.7 Å². The number of amides is 1. The summed E-state index contributed by atoms with van der Waals surface area (Å²) >= 11 is 0. The van der Waals surface area contributed by atoms with Crippen LogP contribution in [0.3, 0.4) is 0 Å². The normalized spacial score (nSPS) is 20.7. The van der Waals surface area contributed by atoms with Gasteiger partial charge in [0.1, 0.15) is 23.7 Å². The van der Waals surface area contributed by atoms with Crippen LogP contribution < -0.4 is 14.5 Å². The van der Waals surface area contributed by atoms with Gasteiger partial charge in [-0.2, -0.15) is 9.97 Å². The zero-order chi connectivity index (χ0) is 24.6. The molecule has 0 aliphatic carbocycles. The first-order valence-electron chi connectivity index (χ1n) is 13.1. The summed E-state index contributed by atoms with van der Waals surface area (Å²) in [5, 5.41) is 12.2. The Morgan fingerprint density at radius 2 is 1.83 bits per heavy atom. The molecule has 2 fully saturated rings. The number of aromatic nitrogens is 2. The Kier molecular flexibility index (Phi) is 6.13. The van der Waals surface area contributed by atoms with Crippen molar-refractivity contribution in [2.45, 2.75) is 51.1 Å². The average Bonchev–Trinajstić information content (AvgIpc) is 3.31. The van der Waals surface area contributed by atoms with E-state index in [1.807, 2.05) is 24.3 Å². The highest BCUT2D eigenvalue weighted by Gasteiger charge is 2.37. The summed E-state index contributed by atoms with van der Waals surface area (Å²) in [6.45, 7) is 3.70. The van der Waals surface area contributed by atoms with Crippen molar-refractivity contribution in [1.29, 1.82) is 0 Å². The largest absolute Gasteiger partial charge is 0.508 e. The highest BCUT2D eigenvalue weighted by molar-refractivity contribution is 6.16. The van der Waals surface area contributed by atoms with Crippen LogP contribution in [0.2, 0.25) is 0 Å². The van der Waals surface area contributed by atoms with E-state index in [2.05, 4.69) is 16.8 Å². The number of phenols is 1. The molecule has 1 aromatic heterocycles. The first kappa shape index (κ1) is 23.0. The molecule has 3 aliphatic heterocycles. The predicted octanol–water partition coefficient (Wildman–Crippen LogP) is 4.35. The van der Waals surface area contributed by atoms with Crippen LogP contribution in [0.25, 0.3) is 10.8 Å². The monoisotopic (exact) mass is 487 g/mol. The van der Waals surface area contributed by atoms with Crippen molar-refractivity contribution in [3.8, 4) is 11.8 Å². The van der Waals surface area contributed by atoms with Crippen LogP contribution in [-0.4, -0.2) is 65.2 Å². The van der Waals surface area contributed by atoms with Gasteiger partial charge in [0.05, 0.1) is 17.9 Å². The number of likely N-dealkylation sites (tertiary alicyclic amines) is 1. The minimum Gasteiger partial charge on any atom is -0.508 e. The van der Waals surface area contributed by atoms with Gasteiger partial charge in [-0.3, -0.25) is 4.79 Å². The van der Waals surface area contributed by atoms with Crippen molar-refractivity contribution in [3.63, 3.8) is 0 Å². The Balaban J connectivity index is 1.38. The van der Waals surface area contributed by atoms with Gasteiger partial charge in [-0.15, -0.1) is 0 Å². The van der Waals surface area contributed by atoms with Gasteiger partial charge in [0.2, 0.25) is 0 Å². The molecule has 4 heterocycles. The number of hydrogen-bond acceptors (Lipinski definition) is 7. The zero-order valence-corrected chi connectivity index (χ0v) is 20.8. The maximum absolute atomic E-state index is 13.9. The molecule has 3 aliphatic rings. The predicted molar refractivity (Wildman–Crippen MR) is 140 cm³/mol. The molecule has 1 amide bonds. The summed E-state index contributed by atoms with van der Waals surface area (Å²) < 4.78 is 6.15. The van der Waals surface area contributed by atoms with Crippen LogP contribution >= 0.6 is 0 Å². The number of nitrogens with zero attached hydrogens (tertiary/aromatic N) is 5. The van der Waals surface area contributed by atoms with Crippen LogP contribution in [-0.2, 0) is 6.54 Å². The molecule has 3 aromatic rings. The van der Waals surface area contributed by atoms with E-state index in [1.165, 1.54) is 19.3 Å². The molecular weight excluding hydrogens is 454 g/mol. The van der Waals surface area contributed by atoms with Gasteiger partial charge in [0.25, 0.3) is 5.91 Å². The number of likely N-dealkylation sites (N-methyl/N-ethyl adjacent to an activating group) is 1. The van der Waals surface area contributed by atoms with Gasteiger partial charge < -0.3 is 24.5 Å². The zero-order valence-electron chi connectivity index (χ0n) is 20.8. The van der Waals surface area contributed by atoms with Crippen LogP contribution in [0.1, 0.15) is 54.6 Å². The number of hydrogen-bond donors (Lipinski definition) is 1. The topological polar surface area (TPSA) is 82.0 Å². The second-order valence-electron chi connectivity index (χ2n) is 10.2. The van der Waals surface area contributed by atoms with E-state index in [1.54, 1.807) is 17.0 Å². The van der Waals surface area contributed by atoms with Gasteiger partial charge in [-0.25, -0.2) is 0 Å². The summed E-state index contributed by atoms with van der Waals surface area (Å²) in [7, 11) is 2.13. The third-order valence-electron chi connectivity index (χ3n) is 7.81. The fourth-order valence-electron chi connectivity index (χ4n) is 5.79. The molecule has 188 valence electrons. The summed E-state index contributed by atoms with van der Waals surface area (Å²) in [6, 6.07) is 11.9. The SMILES string of the molecule is CN1CCC[C@H]1COc1nc2c(c(N3CCCCCC3)n1)C(=O)N(c1cc(O)cc3ccccc13)C2. The first-order chi connectivity index (χ1) is 17.6. The molecule has 8 heteroatoms. The maximum Gasteiger partial charge on any atom is 0.318 e. The Morgan fingerprint density at radius 1 is 1.03 bits per heavy atom. The van der Waals surface area contributed by atoms with Crippen LogP contribution in [0.4, 0.5) is 11.5 Å². The molecule has 2 saturated heterocycles. The van der Waals surface area contributed by atoms with E-state index >= 15 is 0 Å². The lowest BCUT2D eigenvalue weighted by Crippen LogP contribution is -2.31. The van der Waals surface area contributed by atoms with Crippen LogP contribution in [0, 0.1) is 0 Å². The fourth-order valence-corrected chi connectivity index (χ4v) is 5.79. The molecular formula is C28H33N5O3. The minimum absolute atomic E-state index is 0.123. The lowest BCUT2D eigenvalue weighted by molar-refractivity contribution is 0.0997. The molecule has 1 atom stereocenters. The second-order valence-corrected chi connectivity index (χ2v) is 10.2. The number of aromatic hydroxyl groups is 1. The summed E-state index contributed by atoms with van der Waals surface area (Å²) in [4.78, 5) is 29.8. The fraction of sp³-hybridized carbons (Fsp3) is 0.464. The molecule has 2 aromatic carbocycles. The number of phenolic OH excluding ortho intramolecular Hbond substituents is 1. The molecule has 0 saturated carbocycles. The van der Waals surface area contributed by atoms with Gasteiger partial charge in [-0.05, 0) is 50.7 Å². The number of rotatable bonds is 5. The third-order valence-corrected chi connectivity index (χ3v) is 7.81. The van der Waals surface area contributed by atoms with Crippen molar-refractivity contribution in [1.82, 2.24) is 14.9 Å². The van der Waals surface area contributed by atoms with E-state index < -0.39 is 0 Å².